The van der Waals surface area contributed by atoms with Crippen molar-refractivity contribution >= 4 is 23.4 Å². The minimum Gasteiger partial charge on any atom is -0.497 e. The van der Waals surface area contributed by atoms with Gasteiger partial charge in [0.1, 0.15) is 11.5 Å². The molecule has 0 aliphatic carbocycles. The zero-order chi connectivity index (χ0) is 19.9. The molecule has 0 aliphatic rings. The van der Waals surface area contributed by atoms with E-state index < -0.39 is 0 Å². The Morgan fingerprint density at radius 1 is 1.18 bits per heavy atom. The third-order valence-corrected chi connectivity index (χ3v) is 4.90. The Morgan fingerprint density at radius 2 is 1.96 bits per heavy atom. The van der Waals surface area contributed by atoms with Gasteiger partial charge in [-0.1, -0.05) is 18.7 Å². The van der Waals surface area contributed by atoms with Gasteiger partial charge in [0, 0.05) is 24.9 Å². The topological polar surface area (TPSA) is 83.2 Å². The molecule has 3 aromatic rings. The molecule has 8 nitrogen and oxygen atoms in total. The van der Waals surface area contributed by atoms with Crippen LogP contribution in [-0.4, -0.2) is 45.4 Å². The molecule has 0 unspecified atom stereocenters. The maximum Gasteiger partial charge on any atom is 0.234 e. The van der Waals surface area contributed by atoms with Crippen LogP contribution < -0.4 is 14.8 Å². The van der Waals surface area contributed by atoms with Crippen molar-refractivity contribution in [2.24, 2.45) is 0 Å². The highest BCUT2D eigenvalue weighted by Crippen LogP contribution is 2.29. The number of carbonyl (C=O) groups is 1. The maximum atomic E-state index is 12.5. The van der Waals surface area contributed by atoms with E-state index in [1.807, 2.05) is 33.9 Å². The van der Waals surface area contributed by atoms with Crippen molar-refractivity contribution in [2.75, 3.05) is 25.3 Å². The minimum absolute atomic E-state index is 0.171. The molecule has 0 fully saturated rings. The summed E-state index contributed by atoms with van der Waals surface area (Å²) in [6.45, 7) is 2.09. The van der Waals surface area contributed by atoms with Crippen LogP contribution in [0.5, 0.6) is 11.5 Å². The Morgan fingerprint density at radius 3 is 2.64 bits per heavy atom. The van der Waals surface area contributed by atoms with E-state index in [1.165, 1.54) is 11.8 Å². The second-order valence-corrected chi connectivity index (χ2v) is 6.87. The van der Waals surface area contributed by atoms with E-state index in [2.05, 4.69) is 22.4 Å². The van der Waals surface area contributed by atoms with Crippen molar-refractivity contribution in [3.05, 3.63) is 48.5 Å². The van der Waals surface area contributed by atoms with Gasteiger partial charge >= 0.3 is 0 Å². The van der Waals surface area contributed by atoms with Crippen LogP contribution >= 0.6 is 11.8 Å². The van der Waals surface area contributed by atoms with Crippen LogP contribution in [0, 0.1) is 0 Å². The number of hydrogen-bond donors (Lipinski definition) is 1. The molecule has 2 aromatic heterocycles. The van der Waals surface area contributed by atoms with E-state index in [9.17, 15) is 4.79 Å². The number of nitrogens with zero attached hydrogens (tertiary/aromatic N) is 4. The zero-order valence-corrected chi connectivity index (χ0v) is 16.9. The molecule has 0 radical (unpaired) electrons. The number of anilines is 1. The fourth-order valence-electron chi connectivity index (χ4n) is 2.68. The third-order valence-electron chi connectivity index (χ3n) is 3.98. The molecule has 0 saturated carbocycles. The molecule has 1 amide bonds. The first-order chi connectivity index (χ1) is 13.7. The van der Waals surface area contributed by atoms with Gasteiger partial charge < -0.3 is 14.8 Å². The minimum atomic E-state index is -0.171. The Hall–Kier alpha value is -2.94. The molecule has 9 heteroatoms. The normalized spacial score (nSPS) is 10.7. The van der Waals surface area contributed by atoms with Crippen LogP contribution in [0.2, 0.25) is 0 Å². The molecule has 0 saturated heterocycles. The molecular formula is C19H23N5O3S. The molecule has 0 bridgehead atoms. The number of thioether (sulfide) groups is 1. The molecule has 1 N–H and O–H groups in total. The second-order valence-electron chi connectivity index (χ2n) is 5.93. The highest BCUT2D eigenvalue weighted by molar-refractivity contribution is 7.99. The lowest BCUT2D eigenvalue weighted by Crippen LogP contribution is -2.17. The molecule has 28 heavy (non-hydrogen) atoms. The highest BCUT2D eigenvalue weighted by atomic mass is 32.2. The van der Waals surface area contributed by atoms with Crippen molar-refractivity contribution in [1.82, 2.24) is 19.5 Å². The molecule has 0 spiro atoms. The molecule has 0 atom stereocenters. The first-order valence-electron chi connectivity index (χ1n) is 8.88. The molecule has 148 valence electrons. The van der Waals surface area contributed by atoms with E-state index in [4.69, 9.17) is 9.47 Å². The number of benzene rings is 1. The van der Waals surface area contributed by atoms with Crippen LogP contribution in [0.3, 0.4) is 0 Å². The quantitative estimate of drug-likeness (QED) is 0.555. The van der Waals surface area contributed by atoms with Gasteiger partial charge in [-0.25, -0.2) is 4.68 Å². The van der Waals surface area contributed by atoms with Crippen LogP contribution in [0.4, 0.5) is 5.69 Å². The number of aromatic nitrogens is 4. The Balaban J connectivity index is 1.72. The maximum absolute atomic E-state index is 12.5. The van der Waals surface area contributed by atoms with E-state index in [-0.39, 0.29) is 11.7 Å². The van der Waals surface area contributed by atoms with Gasteiger partial charge in [0.2, 0.25) is 11.1 Å². The summed E-state index contributed by atoms with van der Waals surface area (Å²) in [5, 5.41) is 12.1. The fourth-order valence-corrected chi connectivity index (χ4v) is 3.44. The van der Waals surface area contributed by atoms with E-state index >= 15 is 0 Å². The van der Waals surface area contributed by atoms with Crippen molar-refractivity contribution < 1.29 is 14.3 Å². The van der Waals surface area contributed by atoms with Crippen LogP contribution in [-0.2, 0) is 11.2 Å². The number of rotatable bonds is 9. The Labute approximate surface area is 167 Å². The van der Waals surface area contributed by atoms with E-state index in [0.717, 1.165) is 18.7 Å². The lowest BCUT2D eigenvalue weighted by atomic mass is 10.2. The summed E-state index contributed by atoms with van der Waals surface area (Å²) in [4.78, 5) is 12.5. The number of aryl methyl sites for hydroxylation is 1. The number of hydrogen-bond acceptors (Lipinski definition) is 6. The van der Waals surface area contributed by atoms with E-state index in [1.54, 1.807) is 32.4 Å². The highest BCUT2D eigenvalue weighted by Gasteiger charge is 2.16. The number of amides is 1. The number of carbonyl (C=O) groups excluding carboxylic acids is 1. The summed E-state index contributed by atoms with van der Waals surface area (Å²) in [5.74, 6) is 2.08. The summed E-state index contributed by atoms with van der Waals surface area (Å²) in [6, 6.07) is 9.13. The summed E-state index contributed by atoms with van der Waals surface area (Å²) in [6.07, 6.45) is 5.61. The summed E-state index contributed by atoms with van der Waals surface area (Å²) >= 11 is 1.33. The van der Waals surface area contributed by atoms with Crippen molar-refractivity contribution in [3.63, 3.8) is 0 Å². The van der Waals surface area contributed by atoms with Gasteiger partial charge in [-0.2, -0.15) is 0 Å². The third kappa shape index (κ3) is 4.48. The predicted molar refractivity (Wildman–Crippen MR) is 108 cm³/mol. The number of ether oxygens (including phenoxy) is 2. The lowest BCUT2D eigenvalue weighted by Gasteiger charge is -2.12. The molecular weight excluding hydrogens is 378 g/mol. The van der Waals surface area contributed by atoms with Crippen molar-refractivity contribution in [3.8, 4) is 11.5 Å². The Kier molecular flexibility index (Phi) is 6.59. The average Bonchev–Trinajstić information content (AvgIpc) is 3.36. The molecule has 3 rings (SSSR count). The monoisotopic (exact) mass is 401 g/mol. The first kappa shape index (κ1) is 19.8. The van der Waals surface area contributed by atoms with Gasteiger partial charge in [0.25, 0.3) is 0 Å². The van der Waals surface area contributed by atoms with Crippen molar-refractivity contribution in [1.29, 1.82) is 0 Å². The average molecular weight is 401 g/mol. The van der Waals surface area contributed by atoms with Gasteiger partial charge in [-0.15, -0.1) is 10.2 Å². The van der Waals surface area contributed by atoms with Gasteiger partial charge in [0.15, 0.2) is 5.82 Å². The first-order valence-corrected chi connectivity index (χ1v) is 9.87. The largest absolute Gasteiger partial charge is 0.497 e. The van der Waals surface area contributed by atoms with Crippen LogP contribution in [0.25, 0.3) is 0 Å². The van der Waals surface area contributed by atoms with E-state index in [0.29, 0.717) is 22.3 Å². The molecule has 0 aliphatic heterocycles. The fraction of sp³-hybridized carbons (Fsp3) is 0.316. The Bertz CT molecular complexity index is 924. The number of nitrogens with one attached hydrogen (secondary N) is 1. The standard InChI is InChI=1S/C19H23N5O3S/c1-4-7-17-21-22-19(24(17)23-10-5-6-11-23)28-13-18(25)20-15-12-14(26-2)8-9-16(15)27-3/h5-6,8-12H,4,7,13H2,1-3H3,(H,20,25). The van der Waals surface area contributed by atoms with Gasteiger partial charge in [0.05, 0.1) is 25.7 Å². The smallest absolute Gasteiger partial charge is 0.234 e. The van der Waals surface area contributed by atoms with Crippen LogP contribution in [0.1, 0.15) is 19.2 Å². The van der Waals surface area contributed by atoms with Gasteiger partial charge in [-0.3, -0.25) is 9.47 Å². The SMILES string of the molecule is CCCc1nnc(SCC(=O)Nc2cc(OC)ccc2OC)n1-n1cccc1. The summed E-state index contributed by atoms with van der Waals surface area (Å²) in [7, 11) is 3.13. The second kappa shape index (κ2) is 9.32. The lowest BCUT2D eigenvalue weighted by molar-refractivity contribution is -0.113. The summed E-state index contributed by atoms with van der Waals surface area (Å²) in [5.41, 5.74) is 0.561. The molecule has 1 aromatic carbocycles. The predicted octanol–water partition coefficient (Wildman–Crippen LogP) is 3.09. The zero-order valence-electron chi connectivity index (χ0n) is 16.1. The molecule has 2 heterocycles. The summed E-state index contributed by atoms with van der Waals surface area (Å²) < 4.78 is 14.3. The number of methoxy groups -OCH3 is 2. The van der Waals surface area contributed by atoms with Crippen molar-refractivity contribution in [2.45, 2.75) is 24.9 Å². The van der Waals surface area contributed by atoms with Gasteiger partial charge in [-0.05, 0) is 30.7 Å². The van der Waals surface area contributed by atoms with Crippen LogP contribution in [0.15, 0.2) is 47.9 Å².